The maximum Gasteiger partial charge on any atom is 0.307 e. The molecule has 1 N–H and O–H groups in total. The number of aliphatic carboxylic acids is 1. The van der Waals surface area contributed by atoms with E-state index in [-0.39, 0.29) is 5.92 Å². The average Bonchev–Trinajstić information content (AvgIpc) is 2.86. The van der Waals surface area contributed by atoms with E-state index in [0.717, 1.165) is 5.56 Å². The number of hydrogen-bond acceptors (Lipinski definition) is 5. The van der Waals surface area contributed by atoms with Crippen LogP contribution in [0.4, 0.5) is 0 Å². The van der Waals surface area contributed by atoms with Crippen LogP contribution in [0.25, 0.3) is 0 Å². The van der Waals surface area contributed by atoms with Gasteiger partial charge in [0.25, 0.3) is 0 Å². The van der Waals surface area contributed by atoms with Gasteiger partial charge in [0.05, 0.1) is 5.92 Å². The molecule has 6 heteroatoms. The molecule has 0 saturated heterocycles. The van der Waals surface area contributed by atoms with E-state index in [1.54, 1.807) is 26.2 Å². The molecule has 0 aromatic carbocycles. The minimum Gasteiger partial charge on any atom is -0.481 e. The molecule has 0 radical (unpaired) electrons. The summed E-state index contributed by atoms with van der Waals surface area (Å²) in [5, 5.41) is 12.8. The Labute approximate surface area is 110 Å². The lowest BCUT2D eigenvalue weighted by Gasteiger charge is -2.10. The van der Waals surface area contributed by atoms with Crippen LogP contribution in [0.2, 0.25) is 0 Å². The summed E-state index contributed by atoms with van der Waals surface area (Å²) in [5.74, 6) is -0.837. The van der Waals surface area contributed by atoms with Crippen molar-refractivity contribution in [3.8, 4) is 0 Å². The van der Waals surface area contributed by atoms with Crippen LogP contribution < -0.4 is 0 Å². The van der Waals surface area contributed by atoms with Crippen LogP contribution in [0.15, 0.2) is 29.0 Å². The molecule has 0 aliphatic carbocycles. The monoisotopic (exact) mass is 261 g/mol. The summed E-state index contributed by atoms with van der Waals surface area (Å²) in [6, 6.07) is 3.75. The normalized spacial score (nSPS) is 14.0. The second-order valence-corrected chi connectivity index (χ2v) is 4.50. The first kappa shape index (κ1) is 13.2. The Morgan fingerprint density at radius 1 is 1.37 bits per heavy atom. The number of rotatable bonds is 5. The molecule has 0 saturated carbocycles. The molecule has 2 aromatic rings. The number of aromatic nitrogens is 3. The van der Waals surface area contributed by atoms with E-state index < -0.39 is 11.9 Å². The van der Waals surface area contributed by atoms with Gasteiger partial charge in [0, 0.05) is 24.7 Å². The van der Waals surface area contributed by atoms with Gasteiger partial charge in [-0.05, 0) is 17.7 Å². The second kappa shape index (κ2) is 5.60. The predicted octanol–water partition coefficient (Wildman–Crippen LogP) is 1.88. The van der Waals surface area contributed by atoms with E-state index in [9.17, 15) is 4.79 Å². The smallest absolute Gasteiger partial charge is 0.307 e. The number of hydrogen-bond donors (Lipinski definition) is 1. The predicted molar refractivity (Wildman–Crippen MR) is 66.6 cm³/mol. The molecule has 0 aliphatic rings. The van der Waals surface area contributed by atoms with Crippen LogP contribution in [-0.2, 0) is 11.2 Å². The zero-order valence-electron chi connectivity index (χ0n) is 10.8. The summed E-state index contributed by atoms with van der Waals surface area (Å²) in [7, 11) is 0. The van der Waals surface area contributed by atoms with Crippen LogP contribution in [-0.4, -0.2) is 26.2 Å². The fraction of sp³-hybridized carbons (Fsp3) is 0.385. The SMILES string of the molecule is CC(C(=O)O)C(C)c1nc(Cc2ccncc2)no1. The summed E-state index contributed by atoms with van der Waals surface area (Å²) in [4.78, 5) is 19.1. The molecule has 0 aliphatic heterocycles. The van der Waals surface area contributed by atoms with Gasteiger partial charge >= 0.3 is 5.97 Å². The van der Waals surface area contributed by atoms with Crippen molar-refractivity contribution in [2.24, 2.45) is 5.92 Å². The van der Waals surface area contributed by atoms with Gasteiger partial charge in [-0.3, -0.25) is 9.78 Å². The summed E-state index contributed by atoms with van der Waals surface area (Å²) in [5.41, 5.74) is 1.03. The lowest BCUT2D eigenvalue weighted by atomic mass is 9.96. The van der Waals surface area contributed by atoms with Crippen LogP contribution >= 0.6 is 0 Å². The van der Waals surface area contributed by atoms with Crippen molar-refractivity contribution in [2.75, 3.05) is 0 Å². The number of carbonyl (C=O) groups is 1. The third-order valence-electron chi connectivity index (χ3n) is 3.12. The zero-order valence-corrected chi connectivity index (χ0v) is 10.8. The second-order valence-electron chi connectivity index (χ2n) is 4.50. The number of nitrogens with zero attached hydrogens (tertiary/aromatic N) is 3. The molecular weight excluding hydrogens is 246 g/mol. The fourth-order valence-corrected chi connectivity index (χ4v) is 1.64. The zero-order chi connectivity index (χ0) is 13.8. The van der Waals surface area contributed by atoms with E-state index in [2.05, 4.69) is 15.1 Å². The Morgan fingerprint density at radius 3 is 2.68 bits per heavy atom. The largest absolute Gasteiger partial charge is 0.481 e. The van der Waals surface area contributed by atoms with Crippen molar-refractivity contribution in [1.82, 2.24) is 15.1 Å². The van der Waals surface area contributed by atoms with E-state index in [4.69, 9.17) is 9.63 Å². The summed E-state index contributed by atoms with van der Waals surface area (Å²) >= 11 is 0. The lowest BCUT2D eigenvalue weighted by Crippen LogP contribution is -2.16. The van der Waals surface area contributed by atoms with Crippen LogP contribution in [0.3, 0.4) is 0 Å². The van der Waals surface area contributed by atoms with Crippen molar-refractivity contribution in [2.45, 2.75) is 26.2 Å². The molecule has 2 rings (SSSR count). The molecule has 0 bridgehead atoms. The van der Waals surface area contributed by atoms with Crippen LogP contribution in [0, 0.1) is 5.92 Å². The molecule has 0 spiro atoms. The third kappa shape index (κ3) is 3.15. The van der Waals surface area contributed by atoms with Crippen molar-refractivity contribution >= 4 is 5.97 Å². The standard InChI is InChI=1S/C13H15N3O3/c1-8(9(2)13(17)18)12-15-11(16-19-12)7-10-3-5-14-6-4-10/h3-6,8-9H,7H2,1-2H3,(H,17,18). The van der Waals surface area contributed by atoms with E-state index in [0.29, 0.717) is 18.1 Å². The Balaban J connectivity index is 2.09. The van der Waals surface area contributed by atoms with Gasteiger partial charge in [-0.15, -0.1) is 0 Å². The molecule has 2 atom stereocenters. The molecule has 6 nitrogen and oxygen atoms in total. The summed E-state index contributed by atoms with van der Waals surface area (Å²) in [6.45, 7) is 3.39. The number of carboxylic acids is 1. The van der Waals surface area contributed by atoms with Crippen molar-refractivity contribution in [3.05, 3.63) is 41.8 Å². The van der Waals surface area contributed by atoms with E-state index in [1.165, 1.54) is 0 Å². The average molecular weight is 261 g/mol. The Hall–Kier alpha value is -2.24. The van der Waals surface area contributed by atoms with Gasteiger partial charge in [-0.1, -0.05) is 19.0 Å². The molecular formula is C13H15N3O3. The first-order chi connectivity index (χ1) is 9.08. The fourth-order valence-electron chi connectivity index (χ4n) is 1.64. The number of pyridine rings is 1. The highest BCUT2D eigenvalue weighted by Gasteiger charge is 2.25. The maximum atomic E-state index is 10.9. The molecule has 2 unspecified atom stereocenters. The topological polar surface area (TPSA) is 89.1 Å². The van der Waals surface area contributed by atoms with Gasteiger partial charge in [0.15, 0.2) is 5.82 Å². The Bertz CT molecular complexity index is 553. The van der Waals surface area contributed by atoms with Gasteiger partial charge in [-0.25, -0.2) is 0 Å². The number of carboxylic acid groups (broad SMARTS) is 1. The minimum absolute atomic E-state index is 0.309. The minimum atomic E-state index is -0.874. The van der Waals surface area contributed by atoms with Crippen LogP contribution in [0.5, 0.6) is 0 Å². The van der Waals surface area contributed by atoms with Gasteiger partial charge in [0.1, 0.15) is 0 Å². The highest BCUT2D eigenvalue weighted by Crippen LogP contribution is 2.23. The maximum absolute atomic E-state index is 10.9. The van der Waals surface area contributed by atoms with Crippen molar-refractivity contribution in [1.29, 1.82) is 0 Å². The molecule has 19 heavy (non-hydrogen) atoms. The molecule has 0 fully saturated rings. The summed E-state index contributed by atoms with van der Waals surface area (Å²) in [6.07, 6.45) is 3.94. The first-order valence-electron chi connectivity index (χ1n) is 6.02. The van der Waals surface area contributed by atoms with Crippen LogP contribution in [0.1, 0.15) is 37.0 Å². The van der Waals surface area contributed by atoms with Gasteiger partial charge in [-0.2, -0.15) is 4.98 Å². The quantitative estimate of drug-likeness (QED) is 0.883. The lowest BCUT2D eigenvalue weighted by molar-refractivity contribution is -0.141. The highest BCUT2D eigenvalue weighted by molar-refractivity contribution is 5.70. The summed E-state index contributed by atoms with van der Waals surface area (Å²) < 4.78 is 5.13. The van der Waals surface area contributed by atoms with Gasteiger partial charge < -0.3 is 9.63 Å². The highest BCUT2D eigenvalue weighted by atomic mass is 16.5. The Kier molecular flexibility index (Phi) is 3.89. The Morgan fingerprint density at radius 2 is 2.05 bits per heavy atom. The van der Waals surface area contributed by atoms with Crippen molar-refractivity contribution in [3.63, 3.8) is 0 Å². The van der Waals surface area contributed by atoms with E-state index in [1.807, 2.05) is 12.1 Å². The van der Waals surface area contributed by atoms with Gasteiger partial charge in [0.2, 0.25) is 5.89 Å². The first-order valence-corrected chi connectivity index (χ1v) is 6.02. The molecule has 2 aromatic heterocycles. The molecule has 0 amide bonds. The van der Waals surface area contributed by atoms with E-state index >= 15 is 0 Å². The molecule has 100 valence electrons. The third-order valence-corrected chi connectivity index (χ3v) is 3.12. The van der Waals surface area contributed by atoms with Crippen molar-refractivity contribution < 1.29 is 14.4 Å². The molecule has 2 heterocycles.